The molecule has 0 atom stereocenters. The third-order valence-electron chi connectivity index (χ3n) is 3.87. The van der Waals surface area contributed by atoms with E-state index in [2.05, 4.69) is 16.2 Å². The van der Waals surface area contributed by atoms with Crippen LogP contribution in [0.4, 0.5) is 0 Å². The first-order valence-corrected chi connectivity index (χ1v) is 10.4. The van der Waals surface area contributed by atoms with Crippen LogP contribution in [0.3, 0.4) is 0 Å². The lowest BCUT2D eigenvalue weighted by Crippen LogP contribution is -2.49. The predicted molar refractivity (Wildman–Crippen MR) is 121 cm³/mol. The molecule has 0 heterocycles. The second-order valence-corrected chi connectivity index (χ2v) is 6.74. The van der Waals surface area contributed by atoms with Gasteiger partial charge in [-0.05, 0) is 62.0 Å². The Morgan fingerprint density at radius 3 is 2.34 bits per heavy atom. The Balaban J connectivity index is 1.75. The SMILES string of the molecule is CCCOC(=O)c1ccc(OCC(=O)NNC(=S)NC(=O)c2ccccc2OCC)cc1. The monoisotopic (exact) mass is 459 g/mol. The van der Waals surface area contributed by atoms with E-state index in [0.717, 1.165) is 6.42 Å². The van der Waals surface area contributed by atoms with Gasteiger partial charge in [0, 0.05) is 0 Å². The molecule has 2 aromatic rings. The zero-order valence-corrected chi connectivity index (χ0v) is 18.6. The number of thiocarbonyl (C=S) groups is 1. The largest absolute Gasteiger partial charge is 0.493 e. The summed E-state index contributed by atoms with van der Waals surface area (Å²) in [5.41, 5.74) is 5.47. The Bertz CT molecular complexity index is 949. The maximum absolute atomic E-state index is 12.4. The molecule has 0 fully saturated rings. The molecule has 0 saturated heterocycles. The Hall–Kier alpha value is -3.66. The van der Waals surface area contributed by atoms with Crippen molar-refractivity contribution in [2.45, 2.75) is 20.3 Å². The number of hydrogen-bond acceptors (Lipinski definition) is 7. The maximum atomic E-state index is 12.4. The van der Waals surface area contributed by atoms with Crippen molar-refractivity contribution >= 4 is 35.1 Å². The van der Waals surface area contributed by atoms with E-state index in [9.17, 15) is 14.4 Å². The van der Waals surface area contributed by atoms with Gasteiger partial charge in [0.1, 0.15) is 11.5 Å². The first kappa shape index (κ1) is 24.6. The molecule has 170 valence electrons. The molecule has 10 heteroatoms. The summed E-state index contributed by atoms with van der Waals surface area (Å²) in [5.74, 6) is -0.592. The Morgan fingerprint density at radius 1 is 0.938 bits per heavy atom. The lowest BCUT2D eigenvalue weighted by molar-refractivity contribution is -0.123. The van der Waals surface area contributed by atoms with Crippen molar-refractivity contribution in [3.8, 4) is 11.5 Å². The summed E-state index contributed by atoms with van der Waals surface area (Å²) in [6.45, 7) is 4.18. The number of carbonyl (C=O) groups is 3. The van der Waals surface area contributed by atoms with E-state index in [1.807, 2.05) is 13.8 Å². The Labute approximate surface area is 191 Å². The van der Waals surface area contributed by atoms with Gasteiger partial charge in [-0.2, -0.15) is 0 Å². The number of rotatable bonds is 9. The fourth-order valence-electron chi connectivity index (χ4n) is 2.41. The minimum atomic E-state index is -0.525. The van der Waals surface area contributed by atoms with E-state index in [1.54, 1.807) is 48.5 Å². The zero-order valence-electron chi connectivity index (χ0n) is 17.8. The van der Waals surface area contributed by atoms with Crippen LogP contribution in [0, 0.1) is 0 Å². The minimum absolute atomic E-state index is 0.0930. The number of ether oxygens (including phenoxy) is 3. The number of hydrazine groups is 1. The Kier molecular flexibility index (Phi) is 9.92. The van der Waals surface area contributed by atoms with Crippen LogP contribution >= 0.6 is 12.2 Å². The van der Waals surface area contributed by atoms with Crippen LogP contribution in [0.1, 0.15) is 41.0 Å². The highest BCUT2D eigenvalue weighted by molar-refractivity contribution is 7.80. The number of hydrogen-bond donors (Lipinski definition) is 3. The fraction of sp³-hybridized carbons (Fsp3) is 0.273. The van der Waals surface area contributed by atoms with Crippen LogP contribution in [0.15, 0.2) is 48.5 Å². The molecule has 9 nitrogen and oxygen atoms in total. The highest BCUT2D eigenvalue weighted by Crippen LogP contribution is 2.17. The van der Waals surface area contributed by atoms with Gasteiger partial charge in [0.25, 0.3) is 11.8 Å². The van der Waals surface area contributed by atoms with Crippen LogP contribution in [0.2, 0.25) is 0 Å². The van der Waals surface area contributed by atoms with E-state index in [-0.39, 0.29) is 11.7 Å². The zero-order chi connectivity index (χ0) is 23.3. The van der Waals surface area contributed by atoms with Gasteiger partial charge in [0.05, 0.1) is 24.3 Å². The summed E-state index contributed by atoms with van der Waals surface area (Å²) in [7, 11) is 0. The van der Waals surface area contributed by atoms with Crippen molar-refractivity contribution in [3.05, 3.63) is 59.7 Å². The molecule has 0 aliphatic rings. The van der Waals surface area contributed by atoms with Crippen molar-refractivity contribution in [3.63, 3.8) is 0 Å². The third-order valence-corrected chi connectivity index (χ3v) is 4.08. The molecule has 32 heavy (non-hydrogen) atoms. The average molecular weight is 460 g/mol. The third kappa shape index (κ3) is 7.88. The molecule has 0 aliphatic heterocycles. The maximum Gasteiger partial charge on any atom is 0.338 e. The molecule has 2 aromatic carbocycles. The van der Waals surface area contributed by atoms with Crippen LogP contribution in [0.5, 0.6) is 11.5 Å². The van der Waals surface area contributed by atoms with Gasteiger partial charge < -0.3 is 14.2 Å². The van der Waals surface area contributed by atoms with Gasteiger partial charge >= 0.3 is 5.97 Å². The van der Waals surface area contributed by atoms with E-state index in [1.165, 1.54) is 0 Å². The lowest BCUT2D eigenvalue weighted by atomic mass is 10.2. The fourth-order valence-corrected chi connectivity index (χ4v) is 2.56. The molecule has 2 amide bonds. The molecule has 2 rings (SSSR count). The second-order valence-electron chi connectivity index (χ2n) is 6.33. The van der Waals surface area contributed by atoms with Crippen molar-refractivity contribution in [1.82, 2.24) is 16.2 Å². The molecular weight excluding hydrogens is 434 g/mol. The smallest absolute Gasteiger partial charge is 0.338 e. The molecule has 0 aliphatic carbocycles. The van der Waals surface area contributed by atoms with Gasteiger partial charge in [-0.1, -0.05) is 19.1 Å². The van der Waals surface area contributed by atoms with E-state index < -0.39 is 17.8 Å². The van der Waals surface area contributed by atoms with Gasteiger partial charge in [0.15, 0.2) is 11.7 Å². The molecular formula is C22H25N3O6S. The number of nitrogens with one attached hydrogen (secondary N) is 3. The molecule has 0 aromatic heterocycles. The van der Waals surface area contributed by atoms with E-state index in [0.29, 0.717) is 35.8 Å². The van der Waals surface area contributed by atoms with Gasteiger partial charge in [-0.3, -0.25) is 25.8 Å². The van der Waals surface area contributed by atoms with Gasteiger partial charge in [-0.25, -0.2) is 4.79 Å². The number of para-hydroxylation sites is 1. The van der Waals surface area contributed by atoms with Crippen molar-refractivity contribution in [2.24, 2.45) is 0 Å². The lowest BCUT2D eigenvalue weighted by Gasteiger charge is -2.13. The Morgan fingerprint density at radius 2 is 1.66 bits per heavy atom. The first-order chi connectivity index (χ1) is 15.4. The second kappa shape index (κ2) is 12.9. The highest BCUT2D eigenvalue weighted by Gasteiger charge is 2.14. The topological polar surface area (TPSA) is 115 Å². The normalized spacial score (nSPS) is 9.94. The van der Waals surface area contributed by atoms with Crippen LogP contribution in [-0.2, 0) is 9.53 Å². The molecule has 0 radical (unpaired) electrons. The summed E-state index contributed by atoms with van der Waals surface area (Å²) >= 11 is 5.02. The van der Waals surface area contributed by atoms with Crippen LogP contribution in [-0.4, -0.2) is 42.7 Å². The summed E-state index contributed by atoms with van der Waals surface area (Å²) < 4.78 is 15.8. The number of benzene rings is 2. The average Bonchev–Trinajstić information content (AvgIpc) is 2.80. The summed E-state index contributed by atoms with van der Waals surface area (Å²) in [6, 6.07) is 13.0. The summed E-state index contributed by atoms with van der Waals surface area (Å²) in [6.07, 6.45) is 0.740. The number of carbonyl (C=O) groups excluding carboxylic acids is 3. The minimum Gasteiger partial charge on any atom is -0.493 e. The first-order valence-electron chi connectivity index (χ1n) is 9.96. The standard InChI is InChI=1S/C22H25N3O6S/c1-3-13-30-21(28)15-9-11-16(12-10-15)31-14-19(26)24-25-22(32)23-20(27)17-7-5-6-8-18(17)29-4-2/h5-12H,3-4,13-14H2,1-2H3,(H,24,26)(H2,23,25,27,32). The predicted octanol–water partition coefficient (Wildman–Crippen LogP) is 2.37. The van der Waals surface area contributed by atoms with Gasteiger partial charge in [-0.15, -0.1) is 0 Å². The highest BCUT2D eigenvalue weighted by atomic mass is 32.1. The molecule has 0 bridgehead atoms. The van der Waals surface area contributed by atoms with Crippen LogP contribution in [0.25, 0.3) is 0 Å². The molecule has 3 N–H and O–H groups in total. The van der Waals surface area contributed by atoms with Crippen molar-refractivity contribution in [2.75, 3.05) is 19.8 Å². The van der Waals surface area contributed by atoms with Crippen molar-refractivity contribution in [1.29, 1.82) is 0 Å². The number of esters is 1. The molecule has 0 saturated carbocycles. The van der Waals surface area contributed by atoms with E-state index in [4.69, 9.17) is 26.4 Å². The summed E-state index contributed by atoms with van der Waals surface area (Å²) in [5, 5.41) is 2.36. The number of amides is 2. The van der Waals surface area contributed by atoms with Crippen LogP contribution < -0.4 is 25.6 Å². The van der Waals surface area contributed by atoms with Gasteiger partial charge in [0.2, 0.25) is 0 Å². The van der Waals surface area contributed by atoms with E-state index >= 15 is 0 Å². The summed E-state index contributed by atoms with van der Waals surface area (Å²) in [4.78, 5) is 36.1. The quantitative estimate of drug-likeness (QED) is 0.297. The van der Waals surface area contributed by atoms with Crippen molar-refractivity contribution < 1.29 is 28.6 Å². The molecule has 0 unspecified atom stereocenters. The molecule has 0 spiro atoms.